The molecular weight excluding hydrogens is 389 g/mol. The Balaban J connectivity index is 1.74. The fraction of sp³-hybridized carbons (Fsp3) is 0.650. The van der Waals surface area contributed by atoms with Crippen LogP contribution in [0, 0.1) is 5.92 Å². The lowest BCUT2D eigenvalue weighted by molar-refractivity contribution is -0.137. The van der Waals surface area contributed by atoms with E-state index in [1.165, 1.54) is 0 Å². The van der Waals surface area contributed by atoms with E-state index >= 15 is 0 Å². The molecule has 2 fully saturated rings. The number of ether oxygens (including phenoxy) is 1. The minimum Gasteiger partial charge on any atom is -0.378 e. The van der Waals surface area contributed by atoms with Crippen LogP contribution in [-0.2, 0) is 10.9 Å². The molecule has 2 unspecified atom stereocenters. The summed E-state index contributed by atoms with van der Waals surface area (Å²) in [5, 5.41) is 0. The number of carbonyl (C=O) groups excluding carboxylic acids is 1. The summed E-state index contributed by atoms with van der Waals surface area (Å²) in [6, 6.07) is 5.45. The third-order valence-electron chi connectivity index (χ3n) is 5.36. The molecular formula is C20H27F3N2O2S. The van der Waals surface area contributed by atoms with E-state index in [2.05, 4.69) is 6.92 Å². The largest absolute Gasteiger partial charge is 0.416 e. The Morgan fingerprint density at radius 2 is 1.82 bits per heavy atom. The van der Waals surface area contributed by atoms with Gasteiger partial charge in [0.05, 0.1) is 18.8 Å². The number of hydrogen-bond acceptors (Lipinski definition) is 3. The topological polar surface area (TPSA) is 32.8 Å². The fourth-order valence-electron chi connectivity index (χ4n) is 3.91. The molecule has 0 radical (unpaired) electrons. The van der Waals surface area contributed by atoms with Crippen molar-refractivity contribution in [3.63, 3.8) is 0 Å². The Labute approximate surface area is 168 Å². The van der Waals surface area contributed by atoms with Gasteiger partial charge in [0.1, 0.15) is 0 Å². The average Bonchev–Trinajstić information content (AvgIpc) is 2.71. The third kappa shape index (κ3) is 5.35. The van der Waals surface area contributed by atoms with Crippen LogP contribution in [0.2, 0.25) is 0 Å². The van der Waals surface area contributed by atoms with Crippen LogP contribution in [-0.4, -0.2) is 66.7 Å². The second-order valence-electron chi connectivity index (χ2n) is 7.36. The zero-order valence-electron chi connectivity index (χ0n) is 16.1. The van der Waals surface area contributed by atoms with Crippen LogP contribution < -0.4 is 0 Å². The van der Waals surface area contributed by atoms with Crippen molar-refractivity contribution in [2.24, 2.45) is 5.92 Å². The van der Waals surface area contributed by atoms with Gasteiger partial charge in [0.25, 0.3) is 0 Å². The van der Waals surface area contributed by atoms with Gasteiger partial charge in [-0.2, -0.15) is 24.9 Å². The van der Waals surface area contributed by atoms with Gasteiger partial charge in [0.15, 0.2) is 0 Å². The predicted octanol–water partition coefficient (Wildman–Crippen LogP) is 4.32. The first kappa shape index (κ1) is 21.3. The molecule has 28 heavy (non-hydrogen) atoms. The van der Waals surface area contributed by atoms with Gasteiger partial charge in [0, 0.05) is 32.1 Å². The van der Waals surface area contributed by atoms with E-state index in [9.17, 15) is 18.0 Å². The van der Waals surface area contributed by atoms with Crippen molar-refractivity contribution >= 4 is 17.8 Å². The molecule has 2 atom stereocenters. The maximum absolute atomic E-state index is 13.0. The summed E-state index contributed by atoms with van der Waals surface area (Å²) in [7, 11) is 0. The second-order valence-corrected chi connectivity index (χ2v) is 8.68. The number of benzene rings is 1. The lowest BCUT2D eigenvalue weighted by atomic mass is 9.85. The normalized spacial score (nSPS) is 23.7. The van der Waals surface area contributed by atoms with E-state index in [-0.39, 0.29) is 11.9 Å². The molecule has 2 aliphatic heterocycles. The number of morpholine rings is 1. The molecule has 0 aromatic heterocycles. The lowest BCUT2D eigenvalue weighted by Crippen LogP contribution is -2.52. The van der Waals surface area contributed by atoms with Crippen LogP contribution in [0.25, 0.3) is 0 Å². The molecule has 0 aliphatic carbocycles. The third-order valence-corrected chi connectivity index (χ3v) is 6.47. The fourth-order valence-corrected chi connectivity index (χ4v) is 4.72. The zero-order valence-corrected chi connectivity index (χ0v) is 16.9. The van der Waals surface area contributed by atoms with Crippen LogP contribution in [0.3, 0.4) is 0 Å². The Kier molecular flexibility index (Phi) is 7.15. The standard InChI is InChI=1S/C20H27F3N2O2S/c1-2-28-14-15-11-17(16-3-5-18(6-4-16)20(21,22)23)13-25(12-15)19(26)24-7-9-27-10-8-24/h3-6,15,17H,2,7-14H2,1H3. The molecule has 0 bridgehead atoms. The highest BCUT2D eigenvalue weighted by Crippen LogP contribution is 2.35. The van der Waals surface area contributed by atoms with Crippen LogP contribution in [0.15, 0.2) is 24.3 Å². The van der Waals surface area contributed by atoms with Crippen LogP contribution in [0.5, 0.6) is 0 Å². The van der Waals surface area contributed by atoms with Crippen LogP contribution in [0.4, 0.5) is 18.0 Å². The Morgan fingerprint density at radius 1 is 1.14 bits per heavy atom. The maximum atomic E-state index is 13.0. The minimum absolute atomic E-state index is 0.0198. The van der Waals surface area contributed by atoms with Gasteiger partial charge in [-0.1, -0.05) is 19.1 Å². The highest BCUT2D eigenvalue weighted by molar-refractivity contribution is 7.99. The number of amides is 2. The number of nitrogens with zero attached hydrogens (tertiary/aromatic N) is 2. The minimum atomic E-state index is -4.33. The van der Waals surface area contributed by atoms with Crippen molar-refractivity contribution in [3.8, 4) is 0 Å². The van der Waals surface area contributed by atoms with Gasteiger partial charge in [-0.15, -0.1) is 0 Å². The van der Waals surface area contributed by atoms with Gasteiger partial charge in [0.2, 0.25) is 0 Å². The zero-order chi connectivity index (χ0) is 20.1. The number of rotatable bonds is 4. The number of halogens is 3. The van der Waals surface area contributed by atoms with E-state index in [0.717, 1.165) is 35.6 Å². The van der Waals surface area contributed by atoms with Crippen molar-refractivity contribution < 1.29 is 22.7 Å². The summed E-state index contributed by atoms with van der Waals surface area (Å²) in [4.78, 5) is 16.7. The van der Waals surface area contributed by atoms with E-state index in [1.807, 2.05) is 21.6 Å². The van der Waals surface area contributed by atoms with Crippen molar-refractivity contribution in [2.45, 2.75) is 25.4 Å². The van der Waals surface area contributed by atoms with Gasteiger partial charge < -0.3 is 14.5 Å². The number of likely N-dealkylation sites (tertiary alicyclic amines) is 1. The van der Waals surface area contributed by atoms with E-state index in [1.54, 1.807) is 12.1 Å². The number of urea groups is 1. The first-order valence-corrected chi connectivity index (χ1v) is 10.9. The first-order chi connectivity index (χ1) is 13.4. The summed E-state index contributed by atoms with van der Waals surface area (Å²) in [5.74, 6) is 2.37. The molecule has 4 nitrogen and oxygen atoms in total. The molecule has 156 valence electrons. The van der Waals surface area contributed by atoms with E-state index in [4.69, 9.17) is 4.74 Å². The highest BCUT2D eigenvalue weighted by Gasteiger charge is 2.34. The molecule has 0 N–H and O–H groups in total. The van der Waals surface area contributed by atoms with Crippen molar-refractivity contribution in [1.29, 1.82) is 0 Å². The van der Waals surface area contributed by atoms with Crippen LogP contribution in [0.1, 0.15) is 30.4 Å². The smallest absolute Gasteiger partial charge is 0.378 e. The van der Waals surface area contributed by atoms with Crippen molar-refractivity contribution in [1.82, 2.24) is 9.80 Å². The first-order valence-electron chi connectivity index (χ1n) is 9.75. The van der Waals surface area contributed by atoms with E-state index < -0.39 is 11.7 Å². The van der Waals surface area contributed by atoms with E-state index in [0.29, 0.717) is 45.3 Å². The summed E-state index contributed by atoms with van der Waals surface area (Å²) < 4.78 is 43.9. The SMILES string of the molecule is CCSCC1CC(c2ccc(C(F)(F)F)cc2)CN(C(=O)N2CCOCC2)C1. The molecule has 3 rings (SSSR count). The van der Waals surface area contributed by atoms with Crippen molar-refractivity contribution in [3.05, 3.63) is 35.4 Å². The molecule has 2 saturated heterocycles. The number of carbonyl (C=O) groups is 1. The summed E-state index contributed by atoms with van der Waals surface area (Å²) >= 11 is 1.85. The molecule has 8 heteroatoms. The molecule has 2 aliphatic rings. The Hall–Kier alpha value is -1.41. The number of piperidine rings is 1. The summed E-state index contributed by atoms with van der Waals surface area (Å²) in [6.45, 7) is 5.66. The maximum Gasteiger partial charge on any atom is 0.416 e. The van der Waals surface area contributed by atoms with Gasteiger partial charge in [-0.25, -0.2) is 4.79 Å². The molecule has 2 amide bonds. The molecule has 0 saturated carbocycles. The Morgan fingerprint density at radius 3 is 2.43 bits per heavy atom. The number of thioether (sulfide) groups is 1. The monoisotopic (exact) mass is 416 g/mol. The summed E-state index contributed by atoms with van der Waals surface area (Å²) in [5.41, 5.74) is 0.241. The second kappa shape index (κ2) is 9.39. The predicted molar refractivity (Wildman–Crippen MR) is 105 cm³/mol. The Bertz CT molecular complexity index is 648. The highest BCUT2D eigenvalue weighted by atomic mass is 32.2. The van der Waals surface area contributed by atoms with Crippen LogP contribution >= 0.6 is 11.8 Å². The quantitative estimate of drug-likeness (QED) is 0.733. The van der Waals surface area contributed by atoms with Gasteiger partial charge in [-0.3, -0.25) is 0 Å². The van der Waals surface area contributed by atoms with Gasteiger partial charge >= 0.3 is 12.2 Å². The number of alkyl halides is 3. The average molecular weight is 417 g/mol. The van der Waals surface area contributed by atoms with Gasteiger partial charge in [-0.05, 0) is 41.5 Å². The lowest BCUT2D eigenvalue weighted by Gasteiger charge is -2.41. The molecule has 1 aromatic carbocycles. The molecule has 0 spiro atoms. The number of hydrogen-bond donors (Lipinski definition) is 0. The summed E-state index contributed by atoms with van der Waals surface area (Å²) in [6.07, 6.45) is -3.44. The van der Waals surface area contributed by atoms with Crippen molar-refractivity contribution in [2.75, 3.05) is 50.9 Å². The molecule has 2 heterocycles. The molecule has 1 aromatic rings.